The number of hydrogen-bond donors (Lipinski definition) is 2. The van der Waals surface area contributed by atoms with Crippen LogP contribution in [0.5, 0.6) is 5.75 Å². The Balaban J connectivity index is 1.67. The van der Waals surface area contributed by atoms with Crippen LogP contribution in [0.3, 0.4) is 0 Å². The van der Waals surface area contributed by atoms with E-state index >= 15 is 0 Å². The summed E-state index contributed by atoms with van der Waals surface area (Å²) >= 11 is 0. The third kappa shape index (κ3) is 6.47. The fourth-order valence-corrected chi connectivity index (χ4v) is 4.01. The summed E-state index contributed by atoms with van der Waals surface area (Å²) < 4.78 is 15.8. The summed E-state index contributed by atoms with van der Waals surface area (Å²) in [6.07, 6.45) is 0.0410. The molecule has 0 aliphatic carbocycles. The van der Waals surface area contributed by atoms with Crippen LogP contribution in [-0.4, -0.2) is 96.2 Å². The van der Waals surface area contributed by atoms with Crippen molar-refractivity contribution in [2.24, 2.45) is 10.7 Å². The molecule has 3 N–H and O–H groups in total. The molecule has 2 aliphatic rings. The third-order valence-electron chi connectivity index (χ3n) is 5.86. The molecule has 1 fully saturated rings. The number of carbonyl (C=O) groups excluding carboxylic acids is 3. The number of benzene rings is 1. The van der Waals surface area contributed by atoms with Crippen LogP contribution in [0.1, 0.15) is 42.6 Å². The van der Waals surface area contributed by atoms with Gasteiger partial charge in [-0.2, -0.15) is 4.99 Å². The van der Waals surface area contributed by atoms with E-state index in [0.717, 1.165) is 0 Å². The van der Waals surface area contributed by atoms with Gasteiger partial charge in [0.15, 0.2) is 0 Å². The zero-order valence-electron chi connectivity index (χ0n) is 19.8. The Morgan fingerprint density at radius 3 is 2.63 bits per heavy atom. The summed E-state index contributed by atoms with van der Waals surface area (Å²) in [6, 6.07) is 3.89. The number of nitrogens with two attached hydrogens (primary N) is 1. The van der Waals surface area contributed by atoms with Crippen molar-refractivity contribution >= 4 is 29.7 Å². The van der Waals surface area contributed by atoms with Crippen molar-refractivity contribution < 1.29 is 38.5 Å². The number of fused-ring (bicyclic) bond motifs is 1. The van der Waals surface area contributed by atoms with E-state index in [-0.39, 0.29) is 61.4 Å². The molecule has 3 amide bonds. The first-order chi connectivity index (χ1) is 16.7. The highest BCUT2D eigenvalue weighted by molar-refractivity contribution is 6.05. The topological polar surface area (TPSA) is 161 Å². The van der Waals surface area contributed by atoms with E-state index in [9.17, 15) is 19.2 Å². The molecule has 35 heavy (non-hydrogen) atoms. The summed E-state index contributed by atoms with van der Waals surface area (Å²) in [7, 11) is 0. The Bertz CT molecular complexity index is 1000. The van der Waals surface area contributed by atoms with Gasteiger partial charge in [0.1, 0.15) is 30.8 Å². The molecule has 0 spiro atoms. The van der Waals surface area contributed by atoms with Crippen molar-refractivity contribution in [2.45, 2.75) is 38.8 Å². The van der Waals surface area contributed by atoms with Gasteiger partial charge in [0, 0.05) is 18.7 Å². The predicted octanol–water partition coefficient (Wildman–Crippen LogP) is 0.864. The quantitative estimate of drug-likeness (QED) is 0.417. The van der Waals surface area contributed by atoms with Crippen LogP contribution in [0.4, 0.5) is 4.79 Å². The van der Waals surface area contributed by atoms with Gasteiger partial charge >= 0.3 is 12.1 Å². The zero-order chi connectivity index (χ0) is 25.5. The first-order valence-electron chi connectivity index (χ1n) is 11.4. The summed E-state index contributed by atoms with van der Waals surface area (Å²) in [4.78, 5) is 55.4. The number of aliphatic carboxylic acids is 1. The van der Waals surface area contributed by atoms with E-state index in [1.165, 1.54) is 17.0 Å². The molecule has 0 aromatic heterocycles. The number of aliphatic imine (C=N–C) groups is 1. The molecule has 1 saturated heterocycles. The van der Waals surface area contributed by atoms with Gasteiger partial charge in [0.05, 0.1) is 24.8 Å². The highest BCUT2D eigenvalue weighted by Gasteiger charge is 2.34. The smallest absolute Gasteiger partial charge is 0.435 e. The van der Waals surface area contributed by atoms with Crippen LogP contribution in [0.15, 0.2) is 23.2 Å². The molecule has 1 atom stereocenters. The first kappa shape index (κ1) is 25.9. The van der Waals surface area contributed by atoms with Crippen molar-refractivity contribution in [2.75, 3.05) is 39.5 Å². The number of carboxylic acids is 1. The molecule has 190 valence electrons. The molecule has 1 aromatic carbocycles. The molecule has 3 rings (SSSR count). The highest BCUT2D eigenvalue weighted by atomic mass is 16.5. The molecular formula is C23H30N4O8. The summed E-state index contributed by atoms with van der Waals surface area (Å²) in [5.41, 5.74) is 6.56. The number of nitrogens with zero attached hydrogens (tertiary/aromatic N) is 3. The van der Waals surface area contributed by atoms with Gasteiger partial charge in [-0.1, -0.05) is 6.07 Å². The fraction of sp³-hybridized carbons (Fsp3) is 0.522. The van der Waals surface area contributed by atoms with Gasteiger partial charge in [-0.25, -0.2) is 9.59 Å². The number of amidine groups is 1. The average molecular weight is 491 g/mol. The lowest BCUT2D eigenvalue weighted by Gasteiger charge is -2.36. The highest BCUT2D eigenvalue weighted by Crippen LogP contribution is 2.26. The van der Waals surface area contributed by atoms with Gasteiger partial charge in [-0.15, -0.1) is 0 Å². The number of piperidine rings is 1. The zero-order valence-corrected chi connectivity index (χ0v) is 19.8. The van der Waals surface area contributed by atoms with Crippen molar-refractivity contribution in [3.05, 3.63) is 29.3 Å². The van der Waals surface area contributed by atoms with Crippen LogP contribution in [0, 0.1) is 0 Å². The molecule has 1 unspecified atom stereocenters. The Morgan fingerprint density at radius 1 is 1.26 bits per heavy atom. The third-order valence-corrected chi connectivity index (χ3v) is 5.86. The maximum Gasteiger partial charge on any atom is 0.435 e. The van der Waals surface area contributed by atoms with E-state index in [4.69, 9.17) is 25.1 Å². The summed E-state index contributed by atoms with van der Waals surface area (Å²) in [5, 5.41) is 8.75. The Kier molecular flexibility index (Phi) is 8.63. The molecule has 0 radical (unpaired) electrons. The van der Waals surface area contributed by atoms with E-state index in [1.54, 1.807) is 24.8 Å². The molecule has 12 nitrogen and oxygen atoms in total. The average Bonchev–Trinajstić information content (AvgIpc) is 3.00. The molecule has 0 saturated carbocycles. The van der Waals surface area contributed by atoms with Crippen LogP contribution in [-0.2, 0) is 19.1 Å². The van der Waals surface area contributed by atoms with Crippen LogP contribution >= 0.6 is 0 Å². The first-order valence-corrected chi connectivity index (χ1v) is 11.4. The standard InChI is InChI=1S/C23H30N4O8/c1-3-33-23(32)25-20(24)15-4-5-17-18(12-15)34-11-10-27(22(17)31)14(2)21(30)26-8-6-16(7-9-26)35-13-19(28)29/h4-5,12,14,16H,3,6-11,13H2,1-2H3,(H,28,29)(H2,24,25,32). The van der Waals surface area contributed by atoms with Gasteiger partial charge in [0.2, 0.25) is 5.91 Å². The fourth-order valence-electron chi connectivity index (χ4n) is 4.01. The Morgan fingerprint density at radius 2 is 1.97 bits per heavy atom. The van der Waals surface area contributed by atoms with E-state index in [2.05, 4.69) is 4.99 Å². The second-order valence-electron chi connectivity index (χ2n) is 8.16. The molecule has 0 bridgehead atoms. The Hall–Kier alpha value is -3.67. The molecular weight excluding hydrogens is 460 g/mol. The minimum Gasteiger partial charge on any atom is -0.491 e. The van der Waals surface area contributed by atoms with Gasteiger partial charge in [0.25, 0.3) is 5.91 Å². The van der Waals surface area contributed by atoms with Gasteiger partial charge in [-0.3, -0.25) is 9.59 Å². The van der Waals surface area contributed by atoms with Crippen LogP contribution in [0.25, 0.3) is 0 Å². The second kappa shape index (κ2) is 11.6. The number of carboxylic acid groups (broad SMARTS) is 1. The number of ether oxygens (including phenoxy) is 3. The second-order valence-corrected chi connectivity index (χ2v) is 8.16. The lowest BCUT2D eigenvalue weighted by atomic mass is 10.1. The number of likely N-dealkylation sites (tertiary alicyclic amines) is 1. The number of amides is 3. The number of hydrogen-bond acceptors (Lipinski definition) is 7. The maximum atomic E-state index is 13.3. The van der Waals surface area contributed by atoms with Crippen molar-refractivity contribution in [3.8, 4) is 5.75 Å². The largest absolute Gasteiger partial charge is 0.491 e. The van der Waals surface area contributed by atoms with E-state index in [0.29, 0.717) is 31.5 Å². The van der Waals surface area contributed by atoms with Crippen LogP contribution in [0.2, 0.25) is 0 Å². The number of carbonyl (C=O) groups is 4. The maximum absolute atomic E-state index is 13.3. The molecule has 12 heteroatoms. The summed E-state index contributed by atoms with van der Waals surface area (Å²) in [5.74, 6) is -1.36. The predicted molar refractivity (Wildman–Crippen MR) is 123 cm³/mol. The van der Waals surface area contributed by atoms with E-state index < -0.39 is 18.1 Å². The monoisotopic (exact) mass is 490 g/mol. The minimum atomic E-state index is -1.03. The van der Waals surface area contributed by atoms with Crippen LogP contribution < -0.4 is 10.5 Å². The van der Waals surface area contributed by atoms with Gasteiger partial charge < -0.3 is 34.9 Å². The van der Waals surface area contributed by atoms with Crippen molar-refractivity contribution in [1.29, 1.82) is 0 Å². The SMILES string of the molecule is CCOC(=O)N=C(N)c1ccc2c(c1)OCCN(C(C)C(=O)N1CCC(OCC(=O)O)CC1)C2=O. The lowest BCUT2D eigenvalue weighted by Crippen LogP contribution is -2.52. The normalized spacial score (nSPS) is 17.8. The van der Waals surface area contributed by atoms with Gasteiger partial charge in [-0.05, 0) is 38.8 Å². The minimum absolute atomic E-state index is 0.0670. The molecule has 2 aliphatic heterocycles. The van der Waals surface area contributed by atoms with Crippen molar-refractivity contribution in [3.63, 3.8) is 0 Å². The number of rotatable bonds is 7. The summed E-state index contributed by atoms with van der Waals surface area (Å²) in [6.45, 7) is 4.36. The van der Waals surface area contributed by atoms with E-state index in [1.807, 2.05) is 0 Å². The Labute approximate surface area is 202 Å². The molecule has 1 aromatic rings. The molecule has 2 heterocycles. The van der Waals surface area contributed by atoms with Crippen molar-refractivity contribution in [1.82, 2.24) is 9.80 Å². The lowest BCUT2D eigenvalue weighted by molar-refractivity contribution is -0.147.